The Morgan fingerprint density at radius 1 is 1.10 bits per heavy atom. The number of aryl methyl sites for hydroxylation is 2. The van der Waals surface area contributed by atoms with Crippen molar-refractivity contribution in [2.45, 2.75) is 26.3 Å². The van der Waals surface area contributed by atoms with Gasteiger partial charge in [0.25, 0.3) is 0 Å². The third kappa shape index (κ3) is 3.33. The third-order valence-electron chi connectivity index (χ3n) is 3.28. The first-order chi connectivity index (χ1) is 9.63. The van der Waals surface area contributed by atoms with Gasteiger partial charge in [0.2, 0.25) is 5.88 Å². The van der Waals surface area contributed by atoms with Crippen LogP contribution in [-0.2, 0) is 6.42 Å². The second-order valence-electron chi connectivity index (χ2n) is 4.99. The van der Waals surface area contributed by atoms with Crippen molar-refractivity contribution >= 4 is 0 Å². The van der Waals surface area contributed by atoms with Crippen LogP contribution in [0.25, 0.3) is 0 Å². The number of nitrogens with zero attached hydrogens (tertiary/aromatic N) is 2. The zero-order valence-corrected chi connectivity index (χ0v) is 12.5. The van der Waals surface area contributed by atoms with Crippen molar-refractivity contribution < 1.29 is 4.74 Å². The van der Waals surface area contributed by atoms with Gasteiger partial charge in [-0.05, 0) is 32.9 Å². The molecule has 0 spiro atoms. The maximum Gasteiger partial charge on any atom is 0.237 e. The van der Waals surface area contributed by atoms with Crippen molar-refractivity contribution in [1.29, 1.82) is 0 Å². The summed E-state index contributed by atoms with van der Waals surface area (Å²) in [5, 5.41) is 3.30. The molecule has 0 aliphatic carbocycles. The number of hydrogen-bond donors (Lipinski definition) is 1. The first-order valence-electron chi connectivity index (χ1n) is 6.73. The summed E-state index contributed by atoms with van der Waals surface area (Å²) >= 11 is 0. The van der Waals surface area contributed by atoms with Gasteiger partial charge in [0, 0.05) is 12.4 Å². The molecule has 106 valence electrons. The van der Waals surface area contributed by atoms with Gasteiger partial charge in [0.15, 0.2) is 0 Å². The second-order valence-corrected chi connectivity index (χ2v) is 4.99. The zero-order valence-electron chi connectivity index (χ0n) is 12.5. The van der Waals surface area contributed by atoms with E-state index in [0.29, 0.717) is 5.88 Å². The molecule has 2 rings (SSSR count). The topological polar surface area (TPSA) is 47.0 Å². The van der Waals surface area contributed by atoms with Crippen LogP contribution in [0.5, 0.6) is 5.88 Å². The lowest BCUT2D eigenvalue weighted by molar-refractivity contribution is 0.379. The summed E-state index contributed by atoms with van der Waals surface area (Å²) in [5.74, 6) is 0.580. The lowest BCUT2D eigenvalue weighted by Gasteiger charge is -2.18. The Kier molecular flexibility index (Phi) is 4.69. The second kappa shape index (κ2) is 6.48. The molecule has 1 aromatic heterocycles. The maximum absolute atomic E-state index is 5.30. The van der Waals surface area contributed by atoms with Crippen LogP contribution in [0.15, 0.2) is 30.6 Å². The number of methoxy groups -OCH3 is 1. The Hall–Kier alpha value is -1.94. The number of ether oxygens (including phenoxy) is 1. The van der Waals surface area contributed by atoms with Crippen molar-refractivity contribution in [2.24, 2.45) is 0 Å². The van der Waals surface area contributed by atoms with E-state index in [1.165, 1.54) is 16.7 Å². The highest BCUT2D eigenvalue weighted by Gasteiger charge is 2.17. The molecular formula is C16H21N3O. The van der Waals surface area contributed by atoms with E-state index in [1.54, 1.807) is 19.5 Å². The molecule has 0 radical (unpaired) electrons. The summed E-state index contributed by atoms with van der Waals surface area (Å²) in [7, 11) is 3.55. The molecule has 0 saturated heterocycles. The molecule has 2 aromatic rings. The van der Waals surface area contributed by atoms with Gasteiger partial charge in [0.1, 0.15) is 5.69 Å². The SMILES string of the molecule is CNC(Cc1cc(C)cc(C)c1)c1nccnc1OC. The number of hydrogen-bond acceptors (Lipinski definition) is 4. The van der Waals surface area contributed by atoms with Crippen LogP contribution in [-0.4, -0.2) is 24.1 Å². The first-order valence-corrected chi connectivity index (χ1v) is 6.73. The highest BCUT2D eigenvalue weighted by molar-refractivity contribution is 5.31. The van der Waals surface area contributed by atoms with Crippen LogP contribution in [0.3, 0.4) is 0 Å². The van der Waals surface area contributed by atoms with Crippen molar-refractivity contribution in [2.75, 3.05) is 14.2 Å². The molecule has 4 nitrogen and oxygen atoms in total. The third-order valence-corrected chi connectivity index (χ3v) is 3.28. The molecule has 0 amide bonds. The zero-order chi connectivity index (χ0) is 14.5. The van der Waals surface area contributed by atoms with Gasteiger partial charge in [-0.1, -0.05) is 29.3 Å². The van der Waals surface area contributed by atoms with E-state index >= 15 is 0 Å². The first kappa shape index (κ1) is 14.5. The largest absolute Gasteiger partial charge is 0.480 e. The Morgan fingerprint density at radius 3 is 2.35 bits per heavy atom. The fourth-order valence-corrected chi connectivity index (χ4v) is 2.49. The molecule has 1 heterocycles. The number of benzene rings is 1. The Balaban J connectivity index is 2.28. The highest BCUT2D eigenvalue weighted by atomic mass is 16.5. The lowest BCUT2D eigenvalue weighted by atomic mass is 9.99. The average molecular weight is 271 g/mol. The van der Waals surface area contributed by atoms with Crippen LogP contribution in [0.2, 0.25) is 0 Å². The smallest absolute Gasteiger partial charge is 0.237 e. The number of aromatic nitrogens is 2. The molecule has 0 aliphatic heterocycles. The molecule has 0 aliphatic rings. The van der Waals surface area contributed by atoms with Gasteiger partial charge in [-0.2, -0.15) is 0 Å². The summed E-state index contributed by atoms with van der Waals surface area (Å²) in [6.45, 7) is 4.24. The molecular weight excluding hydrogens is 250 g/mol. The fraction of sp³-hybridized carbons (Fsp3) is 0.375. The van der Waals surface area contributed by atoms with E-state index in [-0.39, 0.29) is 6.04 Å². The predicted octanol–water partition coefficient (Wildman–Crippen LogP) is 2.61. The molecule has 1 N–H and O–H groups in total. The summed E-state index contributed by atoms with van der Waals surface area (Å²) in [6, 6.07) is 6.68. The summed E-state index contributed by atoms with van der Waals surface area (Å²) in [4.78, 5) is 8.63. The normalized spacial score (nSPS) is 12.2. The van der Waals surface area contributed by atoms with E-state index in [1.807, 2.05) is 7.05 Å². The Morgan fingerprint density at radius 2 is 1.75 bits per heavy atom. The van der Waals surface area contributed by atoms with Gasteiger partial charge in [-0.15, -0.1) is 0 Å². The Bertz CT molecular complexity index is 563. The monoisotopic (exact) mass is 271 g/mol. The minimum atomic E-state index is 0.0832. The molecule has 1 atom stereocenters. The molecule has 0 fully saturated rings. The molecule has 1 aromatic carbocycles. The lowest BCUT2D eigenvalue weighted by Crippen LogP contribution is -2.21. The van der Waals surface area contributed by atoms with E-state index in [4.69, 9.17) is 4.74 Å². The summed E-state index contributed by atoms with van der Waals surface area (Å²) < 4.78 is 5.30. The van der Waals surface area contributed by atoms with Crippen LogP contribution in [0, 0.1) is 13.8 Å². The summed E-state index contributed by atoms with van der Waals surface area (Å²) in [6.07, 6.45) is 4.20. The Labute approximate surface area is 120 Å². The van der Waals surface area contributed by atoms with Crippen molar-refractivity contribution in [3.05, 3.63) is 53.0 Å². The van der Waals surface area contributed by atoms with E-state index < -0.39 is 0 Å². The van der Waals surface area contributed by atoms with Gasteiger partial charge >= 0.3 is 0 Å². The minimum absolute atomic E-state index is 0.0832. The molecule has 1 unspecified atom stereocenters. The summed E-state index contributed by atoms with van der Waals surface area (Å²) in [5.41, 5.74) is 4.69. The van der Waals surface area contributed by atoms with Crippen LogP contribution < -0.4 is 10.1 Å². The standard InChI is InChI=1S/C16H21N3O/c1-11-7-12(2)9-13(8-11)10-14(17-3)15-16(20-4)19-6-5-18-15/h5-9,14,17H,10H2,1-4H3. The van der Waals surface area contributed by atoms with Gasteiger partial charge in [-0.25, -0.2) is 4.98 Å². The van der Waals surface area contributed by atoms with Crippen molar-refractivity contribution in [3.63, 3.8) is 0 Å². The average Bonchev–Trinajstić information content (AvgIpc) is 2.43. The van der Waals surface area contributed by atoms with Crippen LogP contribution in [0.1, 0.15) is 28.4 Å². The van der Waals surface area contributed by atoms with Gasteiger partial charge in [0.05, 0.1) is 13.2 Å². The highest BCUT2D eigenvalue weighted by Crippen LogP contribution is 2.23. The van der Waals surface area contributed by atoms with Crippen molar-refractivity contribution in [3.8, 4) is 5.88 Å². The predicted molar refractivity (Wildman–Crippen MR) is 80.0 cm³/mol. The number of likely N-dealkylation sites (N-methyl/N-ethyl adjacent to an activating group) is 1. The van der Waals surface area contributed by atoms with E-state index in [0.717, 1.165) is 12.1 Å². The van der Waals surface area contributed by atoms with Gasteiger partial charge < -0.3 is 10.1 Å². The quantitative estimate of drug-likeness (QED) is 0.908. The fourth-order valence-electron chi connectivity index (χ4n) is 2.49. The number of nitrogens with one attached hydrogen (secondary N) is 1. The van der Waals surface area contributed by atoms with E-state index in [2.05, 4.69) is 47.3 Å². The molecule has 0 bridgehead atoms. The maximum atomic E-state index is 5.30. The minimum Gasteiger partial charge on any atom is -0.480 e. The van der Waals surface area contributed by atoms with Crippen LogP contribution >= 0.6 is 0 Å². The van der Waals surface area contributed by atoms with E-state index in [9.17, 15) is 0 Å². The number of rotatable bonds is 5. The van der Waals surface area contributed by atoms with Gasteiger partial charge in [-0.3, -0.25) is 4.98 Å². The molecule has 4 heteroatoms. The van der Waals surface area contributed by atoms with Crippen molar-refractivity contribution in [1.82, 2.24) is 15.3 Å². The molecule has 20 heavy (non-hydrogen) atoms. The molecule has 0 saturated carbocycles. The van der Waals surface area contributed by atoms with Crippen LogP contribution in [0.4, 0.5) is 0 Å².